The number of nitrogen functional groups attached to an aromatic ring is 1. The summed E-state index contributed by atoms with van der Waals surface area (Å²) in [6.07, 6.45) is 2.15. The van der Waals surface area contributed by atoms with E-state index in [1.807, 2.05) is 12.1 Å². The first-order valence-electron chi connectivity index (χ1n) is 6.54. The van der Waals surface area contributed by atoms with Gasteiger partial charge >= 0.3 is 0 Å². The van der Waals surface area contributed by atoms with E-state index in [1.165, 1.54) is 27.6 Å². The van der Waals surface area contributed by atoms with Gasteiger partial charge in [-0.15, -0.1) is 0 Å². The maximum atomic E-state index is 5.98. The highest BCUT2D eigenvalue weighted by Crippen LogP contribution is 2.21. The van der Waals surface area contributed by atoms with Gasteiger partial charge in [-0.2, -0.15) is 0 Å². The number of benzene rings is 2. The lowest BCUT2D eigenvalue weighted by Gasteiger charge is -2.10. The van der Waals surface area contributed by atoms with Crippen molar-refractivity contribution in [3.05, 3.63) is 65.4 Å². The van der Waals surface area contributed by atoms with Gasteiger partial charge in [-0.05, 0) is 54.1 Å². The Morgan fingerprint density at radius 3 is 2.74 bits per heavy atom. The topological polar surface area (TPSA) is 30.9 Å². The molecule has 2 heteroatoms. The Hall–Kier alpha value is -2.22. The molecule has 0 spiro atoms. The second kappa shape index (κ2) is 4.47. The lowest BCUT2D eigenvalue weighted by Crippen LogP contribution is -2.02. The first-order chi connectivity index (χ1) is 9.15. The quantitative estimate of drug-likeness (QED) is 0.687. The Balaban J connectivity index is 2.06. The second-order valence-corrected chi connectivity index (χ2v) is 5.14. The summed E-state index contributed by atoms with van der Waals surface area (Å²) in [6, 6.07) is 14.8. The van der Waals surface area contributed by atoms with Crippen molar-refractivity contribution in [3.8, 4) is 0 Å². The summed E-state index contributed by atoms with van der Waals surface area (Å²) >= 11 is 0. The van der Waals surface area contributed by atoms with Crippen LogP contribution in [0.25, 0.3) is 10.9 Å². The molecule has 0 fully saturated rings. The minimum Gasteiger partial charge on any atom is -0.399 e. The lowest BCUT2D eigenvalue weighted by molar-refractivity contribution is 0.831. The van der Waals surface area contributed by atoms with Gasteiger partial charge < -0.3 is 10.3 Å². The van der Waals surface area contributed by atoms with Crippen LogP contribution in [0.15, 0.2) is 48.7 Å². The molecule has 96 valence electrons. The standard InChI is InChI=1S/C17H18N2/c1-12-6-7-14-8-9-19(17(14)10-12)11-15-4-3-5-16(18)13(15)2/h3-10H,11,18H2,1-2H3. The predicted molar refractivity (Wildman–Crippen MR) is 81.4 cm³/mol. The summed E-state index contributed by atoms with van der Waals surface area (Å²) in [5, 5.41) is 1.28. The number of nitrogens with two attached hydrogens (primary N) is 1. The molecule has 0 atom stereocenters. The number of hydrogen-bond acceptors (Lipinski definition) is 1. The zero-order valence-corrected chi connectivity index (χ0v) is 11.4. The van der Waals surface area contributed by atoms with Crippen LogP contribution in [0.5, 0.6) is 0 Å². The molecule has 3 aromatic rings. The van der Waals surface area contributed by atoms with E-state index in [0.717, 1.165) is 12.2 Å². The molecule has 0 unspecified atom stereocenters. The molecule has 0 aliphatic rings. The van der Waals surface area contributed by atoms with Gasteiger partial charge in [-0.1, -0.05) is 24.3 Å². The average molecular weight is 250 g/mol. The summed E-state index contributed by atoms with van der Waals surface area (Å²) in [5.41, 5.74) is 11.9. The summed E-state index contributed by atoms with van der Waals surface area (Å²) in [5.74, 6) is 0. The molecule has 0 radical (unpaired) electrons. The smallest absolute Gasteiger partial charge is 0.0486 e. The number of anilines is 1. The number of fused-ring (bicyclic) bond motifs is 1. The zero-order chi connectivity index (χ0) is 13.4. The molecule has 2 N–H and O–H groups in total. The fourth-order valence-electron chi connectivity index (χ4n) is 2.49. The first kappa shape index (κ1) is 11.8. The van der Waals surface area contributed by atoms with Crippen molar-refractivity contribution in [1.29, 1.82) is 0 Å². The fraction of sp³-hybridized carbons (Fsp3) is 0.176. The van der Waals surface area contributed by atoms with Gasteiger partial charge in [0.1, 0.15) is 0 Å². The van der Waals surface area contributed by atoms with Gasteiger partial charge in [0.15, 0.2) is 0 Å². The lowest BCUT2D eigenvalue weighted by atomic mass is 10.1. The minimum absolute atomic E-state index is 0.865. The van der Waals surface area contributed by atoms with E-state index < -0.39 is 0 Å². The minimum atomic E-state index is 0.865. The SMILES string of the molecule is Cc1ccc2ccn(Cc3cccc(N)c3C)c2c1. The Kier molecular flexibility index (Phi) is 2.79. The average Bonchev–Trinajstić information content (AvgIpc) is 2.78. The van der Waals surface area contributed by atoms with Crippen LogP contribution >= 0.6 is 0 Å². The van der Waals surface area contributed by atoms with Crippen LogP contribution in [0.3, 0.4) is 0 Å². The summed E-state index contributed by atoms with van der Waals surface area (Å²) in [7, 11) is 0. The van der Waals surface area contributed by atoms with Crippen molar-refractivity contribution < 1.29 is 0 Å². The Morgan fingerprint density at radius 2 is 1.89 bits per heavy atom. The van der Waals surface area contributed by atoms with Gasteiger partial charge in [-0.3, -0.25) is 0 Å². The largest absolute Gasteiger partial charge is 0.399 e. The van der Waals surface area contributed by atoms with E-state index in [0.29, 0.717) is 0 Å². The highest BCUT2D eigenvalue weighted by molar-refractivity contribution is 5.80. The first-order valence-corrected chi connectivity index (χ1v) is 6.54. The molecule has 0 saturated carbocycles. The maximum Gasteiger partial charge on any atom is 0.0486 e. The van der Waals surface area contributed by atoms with Gasteiger partial charge in [0.2, 0.25) is 0 Å². The van der Waals surface area contributed by atoms with E-state index in [-0.39, 0.29) is 0 Å². The van der Waals surface area contributed by atoms with Crippen molar-refractivity contribution in [2.24, 2.45) is 0 Å². The molecule has 0 bridgehead atoms. The van der Waals surface area contributed by atoms with Crippen LogP contribution in [0.1, 0.15) is 16.7 Å². The molecule has 0 amide bonds. The normalized spacial score (nSPS) is 11.1. The summed E-state index contributed by atoms with van der Waals surface area (Å²) in [6.45, 7) is 5.08. The van der Waals surface area contributed by atoms with Gasteiger partial charge in [0, 0.05) is 23.9 Å². The number of rotatable bonds is 2. The predicted octanol–water partition coefficient (Wildman–Crippen LogP) is 3.89. The maximum absolute atomic E-state index is 5.98. The fourth-order valence-corrected chi connectivity index (χ4v) is 2.49. The molecule has 2 aromatic carbocycles. The van der Waals surface area contributed by atoms with Gasteiger partial charge in [0.25, 0.3) is 0 Å². The Morgan fingerprint density at radius 1 is 1.05 bits per heavy atom. The molecule has 2 nitrogen and oxygen atoms in total. The third-order valence-corrected chi connectivity index (χ3v) is 3.76. The van der Waals surface area contributed by atoms with Crippen molar-refractivity contribution >= 4 is 16.6 Å². The van der Waals surface area contributed by atoms with Crippen molar-refractivity contribution in [3.63, 3.8) is 0 Å². The van der Waals surface area contributed by atoms with Gasteiger partial charge in [0.05, 0.1) is 0 Å². The monoisotopic (exact) mass is 250 g/mol. The van der Waals surface area contributed by atoms with E-state index in [1.54, 1.807) is 0 Å². The van der Waals surface area contributed by atoms with Crippen LogP contribution in [-0.2, 0) is 6.54 Å². The van der Waals surface area contributed by atoms with E-state index in [9.17, 15) is 0 Å². The van der Waals surface area contributed by atoms with Crippen LogP contribution < -0.4 is 5.73 Å². The number of aromatic nitrogens is 1. The molecule has 0 saturated heterocycles. The Bertz CT molecular complexity index is 738. The van der Waals surface area contributed by atoms with E-state index in [4.69, 9.17) is 5.73 Å². The van der Waals surface area contributed by atoms with Crippen LogP contribution in [0.2, 0.25) is 0 Å². The van der Waals surface area contributed by atoms with Crippen LogP contribution in [0.4, 0.5) is 5.69 Å². The second-order valence-electron chi connectivity index (χ2n) is 5.14. The molecule has 1 heterocycles. The highest BCUT2D eigenvalue weighted by atomic mass is 14.9. The molecule has 3 rings (SSSR count). The van der Waals surface area contributed by atoms with E-state index in [2.05, 4.69) is 54.9 Å². The molecular weight excluding hydrogens is 232 g/mol. The summed E-state index contributed by atoms with van der Waals surface area (Å²) in [4.78, 5) is 0. The Labute approximate surface area is 113 Å². The van der Waals surface area contributed by atoms with Gasteiger partial charge in [-0.25, -0.2) is 0 Å². The molecule has 19 heavy (non-hydrogen) atoms. The van der Waals surface area contributed by atoms with Crippen molar-refractivity contribution in [2.45, 2.75) is 20.4 Å². The zero-order valence-electron chi connectivity index (χ0n) is 11.4. The third-order valence-electron chi connectivity index (χ3n) is 3.76. The number of hydrogen-bond donors (Lipinski definition) is 1. The van der Waals surface area contributed by atoms with Crippen LogP contribution in [-0.4, -0.2) is 4.57 Å². The number of nitrogens with zero attached hydrogens (tertiary/aromatic N) is 1. The molecular formula is C17H18N2. The van der Waals surface area contributed by atoms with Crippen LogP contribution in [0, 0.1) is 13.8 Å². The molecule has 1 aromatic heterocycles. The van der Waals surface area contributed by atoms with Crippen molar-refractivity contribution in [1.82, 2.24) is 4.57 Å². The van der Waals surface area contributed by atoms with E-state index >= 15 is 0 Å². The number of aryl methyl sites for hydroxylation is 1. The molecule has 0 aliphatic carbocycles. The molecule has 0 aliphatic heterocycles. The summed E-state index contributed by atoms with van der Waals surface area (Å²) < 4.78 is 2.28. The third kappa shape index (κ3) is 2.10. The van der Waals surface area contributed by atoms with Crippen molar-refractivity contribution in [2.75, 3.05) is 5.73 Å². The highest BCUT2D eigenvalue weighted by Gasteiger charge is 2.05.